The standard InChI is InChI=1S/C18H26N4O3S/c1-6-22(7-2)11-12-8-9-13(25-12)15(23)20-21-16(24)14-10-19-17(26-14)18(3,4)5/h8-10H,6-7,11H2,1-5H3,(H,20,23)(H,21,24). The zero-order chi connectivity index (χ0) is 19.3. The number of hydrogen-bond acceptors (Lipinski definition) is 6. The zero-order valence-corrected chi connectivity index (χ0v) is 16.7. The first-order valence-electron chi connectivity index (χ1n) is 8.62. The molecule has 2 aromatic heterocycles. The van der Waals surface area contributed by atoms with Crippen LogP contribution in [0.15, 0.2) is 22.7 Å². The molecule has 2 heterocycles. The molecule has 0 radical (unpaired) electrons. The van der Waals surface area contributed by atoms with Gasteiger partial charge in [-0.3, -0.25) is 25.3 Å². The number of carbonyl (C=O) groups is 2. The molecule has 0 aliphatic rings. The highest BCUT2D eigenvalue weighted by molar-refractivity contribution is 7.13. The van der Waals surface area contributed by atoms with Crippen molar-refractivity contribution in [3.05, 3.63) is 39.7 Å². The lowest BCUT2D eigenvalue weighted by Crippen LogP contribution is -2.41. The SMILES string of the molecule is CCN(CC)Cc1ccc(C(=O)NNC(=O)c2cnc(C(C)(C)C)s2)o1. The van der Waals surface area contributed by atoms with E-state index in [1.807, 2.05) is 20.8 Å². The molecule has 26 heavy (non-hydrogen) atoms. The van der Waals surface area contributed by atoms with Gasteiger partial charge in [0.05, 0.1) is 17.7 Å². The van der Waals surface area contributed by atoms with Gasteiger partial charge in [-0.05, 0) is 25.2 Å². The van der Waals surface area contributed by atoms with Crippen LogP contribution in [-0.4, -0.2) is 34.8 Å². The Morgan fingerprint density at radius 2 is 1.81 bits per heavy atom. The van der Waals surface area contributed by atoms with Crippen molar-refractivity contribution in [2.45, 2.75) is 46.6 Å². The quantitative estimate of drug-likeness (QED) is 0.755. The van der Waals surface area contributed by atoms with Crippen LogP contribution in [0.1, 0.15) is 65.6 Å². The Morgan fingerprint density at radius 1 is 1.15 bits per heavy atom. The molecule has 0 atom stereocenters. The highest BCUT2D eigenvalue weighted by Crippen LogP contribution is 2.26. The molecule has 0 fully saturated rings. The first-order valence-corrected chi connectivity index (χ1v) is 9.44. The summed E-state index contributed by atoms with van der Waals surface area (Å²) in [4.78, 5) is 31.2. The lowest BCUT2D eigenvalue weighted by atomic mass is 9.98. The summed E-state index contributed by atoms with van der Waals surface area (Å²) in [5.41, 5.74) is 4.65. The first-order chi connectivity index (χ1) is 12.2. The van der Waals surface area contributed by atoms with Crippen LogP contribution in [0, 0.1) is 0 Å². The van der Waals surface area contributed by atoms with Crippen LogP contribution in [0.4, 0.5) is 0 Å². The van der Waals surface area contributed by atoms with Crippen LogP contribution >= 0.6 is 11.3 Å². The summed E-state index contributed by atoms with van der Waals surface area (Å²) in [6, 6.07) is 3.37. The monoisotopic (exact) mass is 378 g/mol. The smallest absolute Gasteiger partial charge is 0.305 e. The fourth-order valence-corrected chi connectivity index (χ4v) is 3.08. The third-order valence-corrected chi connectivity index (χ3v) is 5.24. The molecule has 2 amide bonds. The van der Waals surface area contributed by atoms with Gasteiger partial charge in [-0.25, -0.2) is 4.98 Å². The lowest BCUT2D eigenvalue weighted by Gasteiger charge is -2.15. The van der Waals surface area contributed by atoms with E-state index >= 15 is 0 Å². The predicted molar refractivity (Wildman–Crippen MR) is 101 cm³/mol. The predicted octanol–water partition coefficient (Wildman–Crippen LogP) is 2.95. The summed E-state index contributed by atoms with van der Waals surface area (Å²) in [5.74, 6) is -0.0272. The second-order valence-corrected chi connectivity index (χ2v) is 7.95. The normalized spacial score (nSPS) is 11.6. The van der Waals surface area contributed by atoms with Crippen LogP contribution in [0.25, 0.3) is 0 Å². The van der Waals surface area contributed by atoms with Crippen molar-refractivity contribution < 1.29 is 14.0 Å². The van der Waals surface area contributed by atoms with Crippen LogP contribution < -0.4 is 10.9 Å². The molecule has 0 saturated carbocycles. The zero-order valence-electron chi connectivity index (χ0n) is 15.9. The van der Waals surface area contributed by atoms with Crippen LogP contribution in [0.3, 0.4) is 0 Å². The molecule has 0 bridgehead atoms. The maximum absolute atomic E-state index is 12.2. The summed E-state index contributed by atoms with van der Waals surface area (Å²) < 4.78 is 5.55. The highest BCUT2D eigenvalue weighted by atomic mass is 32.1. The van der Waals surface area contributed by atoms with Gasteiger partial charge in [-0.2, -0.15) is 0 Å². The number of nitrogens with zero attached hydrogens (tertiary/aromatic N) is 2. The number of carbonyl (C=O) groups excluding carboxylic acids is 2. The Hall–Kier alpha value is -2.19. The molecule has 0 aliphatic heterocycles. The average molecular weight is 378 g/mol. The van der Waals surface area contributed by atoms with E-state index in [9.17, 15) is 9.59 Å². The third kappa shape index (κ3) is 5.15. The van der Waals surface area contributed by atoms with Gasteiger partial charge in [0, 0.05) is 5.41 Å². The third-order valence-electron chi connectivity index (χ3n) is 3.82. The number of hydrogen-bond donors (Lipinski definition) is 2. The largest absolute Gasteiger partial charge is 0.454 e. The molecule has 2 rings (SSSR count). The van der Waals surface area contributed by atoms with Gasteiger partial charge < -0.3 is 4.42 Å². The van der Waals surface area contributed by atoms with Crippen molar-refractivity contribution in [1.82, 2.24) is 20.7 Å². The molecule has 0 unspecified atom stereocenters. The number of thiazole rings is 1. The van der Waals surface area contributed by atoms with E-state index in [-0.39, 0.29) is 11.2 Å². The van der Waals surface area contributed by atoms with Crippen LogP contribution in [-0.2, 0) is 12.0 Å². The maximum atomic E-state index is 12.2. The minimum absolute atomic E-state index is 0.123. The van der Waals surface area contributed by atoms with Crippen molar-refractivity contribution in [3.63, 3.8) is 0 Å². The Morgan fingerprint density at radius 3 is 2.38 bits per heavy atom. The van der Waals surface area contributed by atoms with E-state index in [1.165, 1.54) is 17.5 Å². The van der Waals surface area contributed by atoms with Crippen molar-refractivity contribution in [2.75, 3.05) is 13.1 Å². The summed E-state index contributed by atoms with van der Waals surface area (Å²) in [5, 5.41) is 0.862. The number of amides is 2. The fraction of sp³-hybridized carbons (Fsp3) is 0.500. The van der Waals surface area contributed by atoms with Gasteiger partial charge in [0.15, 0.2) is 5.76 Å². The number of nitrogens with one attached hydrogen (secondary N) is 2. The molecule has 2 aromatic rings. The molecule has 0 spiro atoms. The topological polar surface area (TPSA) is 87.5 Å². The average Bonchev–Trinajstić information content (AvgIpc) is 3.26. The summed E-state index contributed by atoms with van der Waals surface area (Å²) in [6.45, 7) is 12.7. The Balaban J connectivity index is 1.91. The van der Waals surface area contributed by atoms with Gasteiger partial charge in [-0.15, -0.1) is 11.3 Å². The van der Waals surface area contributed by atoms with E-state index in [4.69, 9.17) is 4.42 Å². The molecule has 7 nitrogen and oxygen atoms in total. The second-order valence-electron chi connectivity index (χ2n) is 6.92. The van der Waals surface area contributed by atoms with Crippen molar-refractivity contribution in [3.8, 4) is 0 Å². The molecule has 142 valence electrons. The maximum Gasteiger partial charge on any atom is 0.305 e. The fourth-order valence-electron chi connectivity index (χ4n) is 2.22. The molecular formula is C18H26N4O3S. The first kappa shape index (κ1) is 20.1. The van der Waals surface area contributed by atoms with E-state index in [0.29, 0.717) is 17.2 Å². The molecular weight excluding hydrogens is 352 g/mol. The number of rotatable bonds is 6. The van der Waals surface area contributed by atoms with Crippen molar-refractivity contribution in [2.24, 2.45) is 0 Å². The molecule has 8 heteroatoms. The van der Waals surface area contributed by atoms with Gasteiger partial charge in [0.1, 0.15) is 10.6 Å². The summed E-state index contributed by atoms with van der Waals surface area (Å²) >= 11 is 1.31. The van der Waals surface area contributed by atoms with Gasteiger partial charge in [0.2, 0.25) is 0 Å². The van der Waals surface area contributed by atoms with Gasteiger partial charge >= 0.3 is 5.91 Å². The molecule has 0 aromatic carbocycles. The highest BCUT2D eigenvalue weighted by Gasteiger charge is 2.21. The molecule has 0 aliphatic carbocycles. The van der Waals surface area contributed by atoms with Crippen molar-refractivity contribution in [1.29, 1.82) is 0 Å². The van der Waals surface area contributed by atoms with Crippen LogP contribution in [0.5, 0.6) is 0 Å². The molecule has 2 N–H and O–H groups in total. The Kier molecular flexibility index (Phi) is 6.55. The lowest BCUT2D eigenvalue weighted by molar-refractivity contribution is 0.0830. The Labute approximate surface area is 157 Å². The minimum atomic E-state index is -0.496. The van der Waals surface area contributed by atoms with Crippen molar-refractivity contribution >= 4 is 23.2 Å². The number of aromatic nitrogens is 1. The minimum Gasteiger partial charge on any atom is -0.454 e. The van der Waals surface area contributed by atoms with E-state index < -0.39 is 11.8 Å². The van der Waals surface area contributed by atoms with E-state index in [0.717, 1.165) is 18.1 Å². The van der Waals surface area contributed by atoms with Gasteiger partial charge in [-0.1, -0.05) is 34.6 Å². The van der Waals surface area contributed by atoms with Gasteiger partial charge in [0.25, 0.3) is 5.91 Å². The van der Waals surface area contributed by atoms with E-state index in [2.05, 4.69) is 34.6 Å². The summed E-state index contributed by atoms with van der Waals surface area (Å²) in [7, 11) is 0. The van der Waals surface area contributed by atoms with Crippen LogP contribution in [0.2, 0.25) is 0 Å². The van der Waals surface area contributed by atoms with E-state index in [1.54, 1.807) is 12.1 Å². The number of hydrazine groups is 1. The Bertz CT molecular complexity index is 757. The summed E-state index contributed by atoms with van der Waals surface area (Å²) in [6.07, 6.45) is 1.52. The second kappa shape index (κ2) is 8.46. The number of furan rings is 1. The molecule has 0 saturated heterocycles.